The van der Waals surface area contributed by atoms with Crippen LogP contribution < -0.4 is 0 Å². The Morgan fingerprint density at radius 1 is 1.26 bits per heavy atom. The third-order valence-electron chi connectivity index (χ3n) is 4.38. The number of amides is 1. The summed E-state index contributed by atoms with van der Waals surface area (Å²) in [5.41, 5.74) is -0.258. The van der Waals surface area contributed by atoms with Gasteiger partial charge < -0.3 is 19.5 Å². The van der Waals surface area contributed by atoms with E-state index in [9.17, 15) is 9.90 Å². The lowest BCUT2D eigenvalue weighted by atomic mass is 10.00. The standard InChI is InChI=1S/C17H32N2O4/c1-17(2,3)23-13-14(20)12-19-7-5-4-6-15(19)16(21)18-8-10-22-11-9-18/h14-15,20H,4-13H2,1-3H3. The monoisotopic (exact) mass is 328 g/mol. The highest BCUT2D eigenvalue weighted by molar-refractivity contribution is 5.82. The molecule has 2 rings (SSSR count). The molecular formula is C17H32N2O4. The van der Waals surface area contributed by atoms with Crippen LogP contribution in [0.4, 0.5) is 0 Å². The van der Waals surface area contributed by atoms with Crippen molar-refractivity contribution in [2.24, 2.45) is 0 Å². The Kier molecular flexibility index (Phi) is 6.83. The number of hydrogen-bond donors (Lipinski definition) is 1. The van der Waals surface area contributed by atoms with Crippen LogP contribution in [0.5, 0.6) is 0 Å². The number of rotatable bonds is 5. The van der Waals surface area contributed by atoms with E-state index >= 15 is 0 Å². The number of morpholine rings is 1. The van der Waals surface area contributed by atoms with Gasteiger partial charge >= 0.3 is 0 Å². The number of piperidine rings is 1. The summed E-state index contributed by atoms with van der Waals surface area (Å²) in [6.07, 6.45) is 2.47. The Hall–Kier alpha value is -0.690. The highest BCUT2D eigenvalue weighted by Gasteiger charge is 2.33. The molecule has 134 valence electrons. The first kappa shape index (κ1) is 18.6. The molecule has 2 heterocycles. The quantitative estimate of drug-likeness (QED) is 0.812. The number of carbonyl (C=O) groups is 1. The molecule has 0 bridgehead atoms. The van der Waals surface area contributed by atoms with Crippen molar-refractivity contribution < 1.29 is 19.4 Å². The second-order valence-electron chi connectivity index (χ2n) is 7.52. The number of ether oxygens (including phenoxy) is 2. The van der Waals surface area contributed by atoms with Crippen LogP contribution in [0, 0.1) is 0 Å². The summed E-state index contributed by atoms with van der Waals surface area (Å²) in [4.78, 5) is 16.8. The van der Waals surface area contributed by atoms with Gasteiger partial charge in [0, 0.05) is 19.6 Å². The van der Waals surface area contributed by atoms with Crippen molar-refractivity contribution >= 4 is 5.91 Å². The van der Waals surface area contributed by atoms with E-state index in [1.165, 1.54) is 0 Å². The number of β-amino-alcohol motifs (C(OH)–C–C–N with tert-alkyl or cyclic N) is 1. The van der Waals surface area contributed by atoms with Gasteiger partial charge in [0.15, 0.2) is 0 Å². The number of likely N-dealkylation sites (tertiary alicyclic amines) is 1. The molecule has 23 heavy (non-hydrogen) atoms. The molecule has 2 saturated heterocycles. The molecule has 2 unspecified atom stereocenters. The average Bonchev–Trinajstić information content (AvgIpc) is 2.53. The van der Waals surface area contributed by atoms with E-state index in [1.807, 2.05) is 25.7 Å². The van der Waals surface area contributed by atoms with Gasteiger partial charge in [-0.2, -0.15) is 0 Å². The first-order valence-corrected chi connectivity index (χ1v) is 8.79. The van der Waals surface area contributed by atoms with E-state index in [0.29, 0.717) is 39.5 Å². The number of hydrogen-bond acceptors (Lipinski definition) is 5. The van der Waals surface area contributed by atoms with E-state index in [0.717, 1.165) is 25.8 Å². The molecular weight excluding hydrogens is 296 g/mol. The van der Waals surface area contributed by atoms with Crippen LogP contribution in [-0.2, 0) is 14.3 Å². The van der Waals surface area contributed by atoms with Gasteiger partial charge in [-0.05, 0) is 40.2 Å². The van der Waals surface area contributed by atoms with Crippen molar-refractivity contribution in [2.45, 2.75) is 57.8 Å². The van der Waals surface area contributed by atoms with Gasteiger partial charge in [0.2, 0.25) is 5.91 Å². The average molecular weight is 328 g/mol. The normalized spacial score (nSPS) is 25.4. The van der Waals surface area contributed by atoms with Crippen molar-refractivity contribution in [2.75, 3.05) is 46.0 Å². The van der Waals surface area contributed by atoms with Crippen LogP contribution in [0.25, 0.3) is 0 Å². The van der Waals surface area contributed by atoms with Gasteiger partial charge in [0.1, 0.15) is 0 Å². The summed E-state index contributed by atoms with van der Waals surface area (Å²) in [6.45, 7) is 10.2. The fraction of sp³-hybridized carbons (Fsp3) is 0.941. The van der Waals surface area contributed by atoms with Gasteiger partial charge in [-0.25, -0.2) is 0 Å². The molecule has 0 aromatic rings. The van der Waals surface area contributed by atoms with Crippen LogP contribution in [0.1, 0.15) is 40.0 Å². The molecule has 0 spiro atoms. The Labute approximate surface area is 139 Å². The van der Waals surface area contributed by atoms with Crippen LogP contribution in [0.2, 0.25) is 0 Å². The minimum absolute atomic E-state index is 0.105. The van der Waals surface area contributed by atoms with E-state index in [4.69, 9.17) is 9.47 Å². The second-order valence-corrected chi connectivity index (χ2v) is 7.52. The van der Waals surface area contributed by atoms with Crippen LogP contribution in [-0.4, -0.2) is 84.6 Å². The summed E-state index contributed by atoms with van der Waals surface area (Å²) in [6, 6.07) is -0.105. The molecule has 0 saturated carbocycles. The summed E-state index contributed by atoms with van der Waals surface area (Å²) in [5.74, 6) is 0.192. The molecule has 2 aliphatic rings. The minimum atomic E-state index is -0.563. The zero-order valence-electron chi connectivity index (χ0n) is 14.8. The Balaban J connectivity index is 1.88. The van der Waals surface area contributed by atoms with Crippen molar-refractivity contribution in [3.8, 4) is 0 Å². The molecule has 6 heteroatoms. The fourth-order valence-electron chi connectivity index (χ4n) is 3.15. The molecule has 2 atom stereocenters. The van der Waals surface area contributed by atoms with Crippen molar-refractivity contribution in [3.63, 3.8) is 0 Å². The Morgan fingerprint density at radius 2 is 1.96 bits per heavy atom. The van der Waals surface area contributed by atoms with Crippen molar-refractivity contribution in [1.29, 1.82) is 0 Å². The predicted octanol–water partition coefficient (Wildman–Crippen LogP) is 0.876. The molecule has 1 N–H and O–H groups in total. The maximum atomic E-state index is 12.8. The number of aliphatic hydroxyl groups excluding tert-OH is 1. The fourth-order valence-corrected chi connectivity index (χ4v) is 3.15. The molecule has 2 aliphatic heterocycles. The lowest BCUT2D eigenvalue weighted by Crippen LogP contribution is -2.55. The summed E-state index contributed by atoms with van der Waals surface area (Å²) in [7, 11) is 0. The maximum Gasteiger partial charge on any atom is 0.240 e. The minimum Gasteiger partial charge on any atom is -0.389 e. The summed E-state index contributed by atoms with van der Waals surface area (Å²) < 4.78 is 11.0. The lowest BCUT2D eigenvalue weighted by Gasteiger charge is -2.39. The number of nitrogens with zero attached hydrogens (tertiary/aromatic N) is 2. The molecule has 0 aromatic carbocycles. The van der Waals surface area contributed by atoms with Gasteiger partial charge in [-0.15, -0.1) is 0 Å². The van der Waals surface area contributed by atoms with Crippen LogP contribution >= 0.6 is 0 Å². The Morgan fingerprint density at radius 3 is 2.61 bits per heavy atom. The van der Waals surface area contributed by atoms with Crippen LogP contribution in [0.15, 0.2) is 0 Å². The lowest BCUT2D eigenvalue weighted by molar-refractivity contribution is -0.143. The van der Waals surface area contributed by atoms with Gasteiger partial charge in [0.05, 0.1) is 37.6 Å². The largest absolute Gasteiger partial charge is 0.389 e. The van der Waals surface area contributed by atoms with Crippen LogP contribution in [0.3, 0.4) is 0 Å². The van der Waals surface area contributed by atoms with Gasteiger partial charge in [0.25, 0.3) is 0 Å². The topological polar surface area (TPSA) is 62.2 Å². The Bertz CT molecular complexity index is 377. The third-order valence-corrected chi connectivity index (χ3v) is 4.38. The molecule has 0 radical (unpaired) electrons. The zero-order valence-corrected chi connectivity index (χ0v) is 14.8. The van der Waals surface area contributed by atoms with E-state index < -0.39 is 6.10 Å². The highest BCUT2D eigenvalue weighted by Crippen LogP contribution is 2.20. The smallest absolute Gasteiger partial charge is 0.240 e. The predicted molar refractivity (Wildman–Crippen MR) is 88.3 cm³/mol. The number of aliphatic hydroxyl groups is 1. The SMILES string of the molecule is CC(C)(C)OCC(O)CN1CCCCC1C(=O)N1CCOCC1. The van der Waals surface area contributed by atoms with Crippen molar-refractivity contribution in [1.82, 2.24) is 9.80 Å². The third kappa shape index (κ3) is 6.03. The highest BCUT2D eigenvalue weighted by atomic mass is 16.5. The first-order valence-electron chi connectivity index (χ1n) is 8.79. The molecule has 6 nitrogen and oxygen atoms in total. The summed E-state index contributed by atoms with van der Waals surface area (Å²) in [5, 5.41) is 10.3. The van der Waals surface area contributed by atoms with E-state index in [1.54, 1.807) is 0 Å². The molecule has 2 fully saturated rings. The van der Waals surface area contributed by atoms with Crippen molar-refractivity contribution in [3.05, 3.63) is 0 Å². The van der Waals surface area contributed by atoms with Gasteiger partial charge in [-0.3, -0.25) is 9.69 Å². The second kappa shape index (κ2) is 8.42. The van der Waals surface area contributed by atoms with E-state index in [2.05, 4.69) is 4.90 Å². The molecule has 0 aromatic heterocycles. The van der Waals surface area contributed by atoms with E-state index in [-0.39, 0.29) is 17.6 Å². The molecule has 1 amide bonds. The number of carbonyl (C=O) groups excluding carboxylic acids is 1. The first-order chi connectivity index (χ1) is 10.9. The molecule has 0 aliphatic carbocycles. The van der Waals surface area contributed by atoms with Gasteiger partial charge in [-0.1, -0.05) is 6.42 Å². The maximum absolute atomic E-state index is 12.8. The summed E-state index contributed by atoms with van der Waals surface area (Å²) >= 11 is 0. The zero-order chi connectivity index (χ0) is 16.9.